The second kappa shape index (κ2) is 5.35. The Bertz CT molecular complexity index is 509. The Kier molecular flexibility index (Phi) is 4.06. The van der Waals surface area contributed by atoms with E-state index in [2.05, 4.69) is 56.1 Å². The van der Waals surface area contributed by atoms with Crippen LogP contribution in [0.4, 0.5) is 0 Å². The molecule has 0 radical (unpaired) electrons. The third-order valence-electron chi connectivity index (χ3n) is 2.35. The van der Waals surface area contributed by atoms with Crippen molar-refractivity contribution in [1.82, 2.24) is 0 Å². The zero-order valence-electron chi connectivity index (χ0n) is 8.38. The van der Waals surface area contributed by atoms with Gasteiger partial charge in [-0.2, -0.15) is 0 Å². The van der Waals surface area contributed by atoms with Crippen LogP contribution in [0.25, 0.3) is 11.1 Å². The summed E-state index contributed by atoms with van der Waals surface area (Å²) >= 11 is 12.9. The van der Waals surface area contributed by atoms with Crippen molar-refractivity contribution < 1.29 is 0 Å². The van der Waals surface area contributed by atoms with E-state index in [0.717, 1.165) is 14.5 Å². The van der Waals surface area contributed by atoms with Gasteiger partial charge in [0.25, 0.3) is 0 Å². The van der Waals surface area contributed by atoms with Gasteiger partial charge in [-0.15, -0.1) is 11.6 Å². The van der Waals surface area contributed by atoms with Crippen LogP contribution < -0.4 is 0 Å². The topological polar surface area (TPSA) is 0 Å². The zero-order valence-corrected chi connectivity index (χ0v) is 12.3. The van der Waals surface area contributed by atoms with Gasteiger partial charge in [-0.25, -0.2) is 0 Å². The summed E-state index contributed by atoms with van der Waals surface area (Å²) in [5.41, 5.74) is 3.49. The number of halogens is 3. The minimum Gasteiger partial charge on any atom is -0.122 e. The molecule has 0 amide bonds. The molecule has 0 aliphatic heterocycles. The van der Waals surface area contributed by atoms with Crippen molar-refractivity contribution in [3.8, 4) is 11.1 Å². The van der Waals surface area contributed by atoms with E-state index >= 15 is 0 Å². The molecule has 0 aliphatic carbocycles. The smallest absolute Gasteiger partial charge is 0.0480 e. The average molecular weight is 360 g/mol. The predicted octanol–water partition coefficient (Wildman–Crippen LogP) is 5.62. The van der Waals surface area contributed by atoms with E-state index in [1.807, 2.05) is 18.2 Å². The summed E-state index contributed by atoms with van der Waals surface area (Å²) in [6, 6.07) is 14.4. The maximum absolute atomic E-state index is 5.96. The van der Waals surface area contributed by atoms with Gasteiger partial charge in [-0.1, -0.05) is 50.1 Å². The number of rotatable bonds is 2. The minimum absolute atomic E-state index is 0.515. The van der Waals surface area contributed by atoms with E-state index in [-0.39, 0.29) is 0 Å². The summed E-state index contributed by atoms with van der Waals surface area (Å²) < 4.78 is 2.13. The van der Waals surface area contributed by atoms with Crippen LogP contribution in [-0.4, -0.2) is 0 Å². The molecule has 2 rings (SSSR count). The highest BCUT2D eigenvalue weighted by Gasteiger charge is 2.05. The second-order valence-electron chi connectivity index (χ2n) is 3.45. The third kappa shape index (κ3) is 2.68. The predicted molar refractivity (Wildman–Crippen MR) is 76.8 cm³/mol. The van der Waals surface area contributed by atoms with Gasteiger partial charge in [0.05, 0.1) is 0 Å². The highest BCUT2D eigenvalue weighted by molar-refractivity contribution is 9.10. The minimum atomic E-state index is 0.515. The molecular formula is C13H9Br2Cl. The highest BCUT2D eigenvalue weighted by Crippen LogP contribution is 2.29. The molecule has 0 bridgehead atoms. The summed E-state index contributed by atoms with van der Waals surface area (Å²) in [6.45, 7) is 0. The normalized spacial score (nSPS) is 10.4. The van der Waals surface area contributed by atoms with Crippen LogP contribution in [0.1, 0.15) is 5.56 Å². The van der Waals surface area contributed by atoms with Gasteiger partial charge in [0.1, 0.15) is 0 Å². The molecule has 2 aromatic rings. The second-order valence-corrected chi connectivity index (χ2v) is 5.54. The fourth-order valence-corrected chi connectivity index (χ4v) is 2.64. The standard InChI is InChI=1S/C13H9Br2Cl/c14-11-3-1-2-9(6-11)13-5-4-12(15)7-10(13)8-16/h1-7H,8H2. The third-order valence-corrected chi connectivity index (χ3v) is 3.62. The molecule has 0 aromatic heterocycles. The molecule has 0 nitrogen and oxygen atoms in total. The van der Waals surface area contributed by atoms with Crippen LogP contribution in [0.2, 0.25) is 0 Å². The lowest BCUT2D eigenvalue weighted by Gasteiger charge is -2.08. The molecule has 0 aliphatic rings. The van der Waals surface area contributed by atoms with Crippen molar-refractivity contribution in [2.24, 2.45) is 0 Å². The lowest BCUT2D eigenvalue weighted by molar-refractivity contribution is 1.38. The Morgan fingerprint density at radius 1 is 0.938 bits per heavy atom. The first-order valence-electron chi connectivity index (χ1n) is 4.81. The largest absolute Gasteiger partial charge is 0.122 e. The van der Waals surface area contributed by atoms with Gasteiger partial charge in [-0.05, 0) is 41.0 Å². The summed E-state index contributed by atoms with van der Waals surface area (Å²) in [5.74, 6) is 0.515. The number of alkyl halides is 1. The summed E-state index contributed by atoms with van der Waals surface area (Å²) in [7, 11) is 0. The van der Waals surface area contributed by atoms with Gasteiger partial charge in [0.2, 0.25) is 0 Å². The van der Waals surface area contributed by atoms with E-state index in [0.29, 0.717) is 5.88 Å². The molecular weight excluding hydrogens is 351 g/mol. The highest BCUT2D eigenvalue weighted by atomic mass is 79.9. The molecule has 2 aromatic carbocycles. The molecule has 82 valence electrons. The maximum atomic E-state index is 5.96. The molecule has 0 atom stereocenters. The molecule has 0 N–H and O–H groups in total. The Hall–Kier alpha value is -0.310. The Morgan fingerprint density at radius 2 is 1.69 bits per heavy atom. The monoisotopic (exact) mass is 358 g/mol. The van der Waals surface area contributed by atoms with Gasteiger partial charge >= 0.3 is 0 Å². The fourth-order valence-electron chi connectivity index (χ4n) is 1.61. The van der Waals surface area contributed by atoms with E-state index in [4.69, 9.17) is 11.6 Å². The first kappa shape index (κ1) is 12.2. The number of benzene rings is 2. The SMILES string of the molecule is ClCc1cc(Br)ccc1-c1cccc(Br)c1. The van der Waals surface area contributed by atoms with E-state index in [1.165, 1.54) is 11.1 Å². The van der Waals surface area contributed by atoms with Crippen LogP contribution in [0.3, 0.4) is 0 Å². The fraction of sp³-hybridized carbons (Fsp3) is 0.0769. The first-order chi connectivity index (χ1) is 7.70. The van der Waals surface area contributed by atoms with Crippen molar-refractivity contribution >= 4 is 43.5 Å². The molecule has 0 heterocycles. The number of hydrogen-bond donors (Lipinski definition) is 0. The van der Waals surface area contributed by atoms with Crippen LogP contribution in [-0.2, 0) is 5.88 Å². The van der Waals surface area contributed by atoms with Crippen LogP contribution in [0.15, 0.2) is 51.4 Å². The quantitative estimate of drug-likeness (QED) is 0.610. The summed E-state index contributed by atoms with van der Waals surface area (Å²) in [6.07, 6.45) is 0. The van der Waals surface area contributed by atoms with Gasteiger partial charge in [0, 0.05) is 14.8 Å². The van der Waals surface area contributed by atoms with Crippen molar-refractivity contribution in [1.29, 1.82) is 0 Å². The van der Waals surface area contributed by atoms with Gasteiger partial charge < -0.3 is 0 Å². The average Bonchev–Trinajstić information content (AvgIpc) is 2.28. The van der Waals surface area contributed by atoms with Crippen LogP contribution in [0.5, 0.6) is 0 Å². The van der Waals surface area contributed by atoms with E-state index in [9.17, 15) is 0 Å². The molecule has 0 spiro atoms. The summed E-state index contributed by atoms with van der Waals surface area (Å²) in [5, 5.41) is 0. The van der Waals surface area contributed by atoms with E-state index in [1.54, 1.807) is 0 Å². The van der Waals surface area contributed by atoms with Crippen molar-refractivity contribution in [3.05, 3.63) is 57.0 Å². The maximum Gasteiger partial charge on any atom is 0.0480 e. The molecule has 0 unspecified atom stereocenters. The Morgan fingerprint density at radius 3 is 2.38 bits per heavy atom. The molecule has 0 fully saturated rings. The van der Waals surface area contributed by atoms with Crippen LogP contribution >= 0.6 is 43.5 Å². The lowest BCUT2D eigenvalue weighted by Crippen LogP contribution is -1.86. The number of hydrogen-bond acceptors (Lipinski definition) is 0. The summed E-state index contributed by atoms with van der Waals surface area (Å²) in [4.78, 5) is 0. The molecule has 0 saturated heterocycles. The Labute approximate surface area is 117 Å². The lowest BCUT2D eigenvalue weighted by atomic mass is 10.0. The van der Waals surface area contributed by atoms with Gasteiger partial charge in [-0.3, -0.25) is 0 Å². The molecule has 16 heavy (non-hydrogen) atoms. The Balaban J connectivity index is 2.55. The van der Waals surface area contributed by atoms with Crippen molar-refractivity contribution in [3.63, 3.8) is 0 Å². The molecule has 0 saturated carbocycles. The van der Waals surface area contributed by atoms with Crippen molar-refractivity contribution in [2.75, 3.05) is 0 Å². The first-order valence-corrected chi connectivity index (χ1v) is 6.93. The van der Waals surface area contributed by atoms with E-state index < -0.39 is 0 Å². The van der Waals surface area contributed by atoms with Gasteiger partial charge in [0.15, 0.2) is 0 Å². The van der Waals surface area contributed by atoms with Crippen molar-refractivity contribution in [2.45, 2.75) is 5.88 Å². The zero-order chi connectivity index (χ0) is 11.5. The van der Waals surface area contributed by atoms with Crippen LogP contribution in [0, 0.1) is 0 Å². The molecule has 3 heteroatoms.